The molecule has 2 aromatic carbocycles. The van der Waals surface area contributed by atoms with Gasteiger partial charge in [0.15, 0.2) is 0 Å². The van der Waals surface area contributed by atoms with Crippen LogP contribution in [0.5, 0.6) is 0 Å². The zero-order valence-electron chi connectivity index (χ0n) is 8.99. The number of hydrogen-bond acceptors (Lipinski definition) is 4. The highest BCUT2D eigenvalue weighted by Crippen LogP contribution is 2.26. The average molecular weight is 267 g/mol. The summed E-state index contributed by atoms with van der Waals surface area (Å²) in [6, 6.07) is 6.38. The molecule has 2 rings (SSSR count). The van der Waals surface area contributed by atoms with Crippen molar-refractivity contribution in [3.05, 3.63) is 35.9 Å². The van der Waals surface area contributed by atoms with E-state index in [2.05, 4.69) is 0 Å². The number of fused-ring (bicyclic) bond motifs is 1. The van der Waals surface area contributed by atoms with Gasteiger partial charge in [-0.25, -0.2) is 4.79 Å². The van der Waals surface area contributed by atoms with Crippen LogP contribution in [0.15, 0.2) is 35.2 Å². The van der Waals surface area contributed by atoms with Gasteiger partial charge in [0, 0.05) is 11.1 Å². The molecule has 0 fully saturated rings. The molecule has 0 bridgehead atoms. The molecule has 2 aromatic rings. The van der Waals surface area contributed by atoms with Crippen LogP contribution in [0.4, 0.5) is 5.69 Å². The Labute approximate surface area is 102 Å². The lowest BCUT2D eigenvalue weighted by molar-refractivity contribution is 0.0697. The maximum atomic E-state index is 11.0. The van der Waals surface area contributed by atoms with E-state index in [9.17, 15) is 13.2 Å². The quantitative estimate of drug-likeness (QED) is 0.558. The van der Waals surface area contributed by atoms with E-state index in [1.165, 1.54) is 30.3 Å². The minimum Gasteiger partial charge on any atom is -0.478 e. The first-order valence-electron chi connectivity index (χ1n) is 4.83. The minimum atomic E-state index is -4.33. The van der Waals surface area contributed by atoms with Crippen LogP contribution < -0.4 is 5.73 Å². The number of carboxylic acid groups (broad SMARTS) is 1. The van der Waals surface area contributed by atoms with Gasteiger partial charge in [0.05, 0.1) is 10.5 Å². The predicted molar refractivity (Wildman–Crippen MR) is 65.1 cm³/mol. The van der Waals surface area contributed by atoms with Crippen molar-refractivity contribution in [1.82, 2.24) is 0 Å². The fraction of sp³-hybridized carbons (Fsp3) is 0. The van der Waals surface area contributed by atoms with Gasteiger partial charge in [-0.05, 0) is 29.7 Å². The highest BCUT2D eigenvalue weighted by atomic mass is 32.2. The lowest BCUT2D eigenvalue weighted by Gasteiger charge is -2.05. The van der Waals surface area contributed by atoms with Gasteiger partial charge in [-0.15, -0.1) is 0 Å². The van der Waals surface area contributed by atoms with Crippen LogP contribution in [0.1, 0.15) is 10.4 Å². The van der Waals surface area contributed by atoms with Crippen molar-refractivity contribution in [3.8, 4) is 0 Å². The number of rotatable bonds is 2. The van der Waals surface area contributed by atoms with Crippen molar-refractivity contribution in [2.45, 2.75) is 4.90 Å². The van der Waals surface area contributed by atoms with Crippen LogP contribution in [-0.4, -0.2) is 24.0 Å². The van der Waals surface area contributed by atoms with E-state index in [1.54, 1.807) is 0 Å². The number of anilines is 1. The standard InChI is InChI=1S/C11H9NO5S/c12-10-5-7(11(13)14)3-6-4-8(18(15,16)17)1-2-9(6)10/h1-5H,12H2,(H,13,14)(H,15,16,17). The lowest BCUT2D eigenvalue weighted by atomic mass is 10.1. The van der Waals surface area contributed by atoms with Crippen molar-refractivity contribution in [2.75, 3.05) is 5.73 Å². The van der Waals surface area contributed by atoms with Gasteiger partial charge in [0.2, 0.25) is 0 Å². The highest BCUT2D eigenvalue weighted by Gasteiger charge is 2.12. The van der Waals surface area contributed by atoms with Gasteiger partial charge in [0.1, 0.15) is 0 Å². The first-order valence-corrected chi connectivity index (χ1v) is 6.27. The second-order valence-electron chi connectivity index (χ2n) is 3.73. The molecule has 0 amide bonds. The van der Waals surface area contributed by atoms with Crippen LogP contribution in [0.3, 0.4) is 0 Å². The second kappa shape index (κ2) is 3.97. The molecule has 94 valence electrons. The summed E-state index contributed by atoms with van der Waals surface area (Å²) in [5.41, 5.74) is 5.86. The van der Waals surface area contributed by atoms with Crippen molar-refractivity contribution in [3.63, 3.8) is 0 Å². The van der Waals surface area contributed by atoms with Gasteiger partial charge >= 0.3 is 5.97 Å². The van der Waals surface area contributed by atoms with Crippen molar-refractivity contribution < 1.29 is 22.9 Å². The third-order valence-electron chi connectivity index (χ3n) is 2.50. The molecule has 0 saturated heterocycles. The summed E-state index contributed by atoms with van der Waals surface area (Å²) in [5.74, 6) is -1.17. The van der Waals surface area contributed by atoms with E-state index in [1.807, 2.05) is 0 Å². The van der Waals surface area contributed by atoms with E-state index < -0.39 is 16.1 Å². The first kappa shape index (κ1) is 12.3. The average Bonchev–Trinajstić information content (AvgIpc) is 2.26. The SMILES string of the molecule is Nc1cc(C(=O)O)cc2cc(S(=O)(=O)O)ccc12. The summed E-state index contributed by atoms with van der Waals surface area (Å²) in [5, 5.41) is 9.73. The molecular formula is C11H9NO5S. The lowest BCUT2D eigenvalue weighted by Crippen LogP contribution is -2.01. The zero-order chi connectivity index (χ0) is 13.5. The Morgan fingerprint density at radius 2 is 1.83 bits per heavy atom. The Balaban J connectivity index is 2.80. The van der Waals surface area contributed by atoms with E-state index >= 15 is 0 Å². The molecular weight excluding hydrogens is 258 g/mol. The molecule has 6 nitrogen and oxygen atoms in total. The largest absolute Gasteiger partial charge is 0.478 e. The van der Waals surface area contributed by atoms with Gasteiger partial charge in [0.25, 0.3) is 10.1 Å². The third kappa shape index (κ3) is 2.13. The number of carbonyl (C=O) groups is 1. The molecule has 0 aliphatic carbocycles. The number of nitrogen functional groups attached to an aromatic ring is 1. The molecule has 18 heavy (non-hydrogen) atoms. The molecule has 7 heteroatoms. The van der Waals surface area contributed by atoms with Gasteiger partial charge in [-0.2, -0.15) is 8.42 Å². The second-order valence-corrected chi connectivity index (χ2v) is 5.15. The van der Waals surface area contributed by atoms with Crippen LogP contribution in [0, 0.1) is 0 Å². The predicted octanol–water partition coefficient (Wildman–Crippen LogP) is 1.37. The van der Waals surface area contributed by atoms with Crippen LogP contribution in [0.2, 0.25) is 0 Å². The number of benzene rings is 2. The summed E-state index contributed by atoms with van der Waals surface area (Å²) in [6.45, 7) is 0. The van der Waals surface area contributed by atoms with E-state index in [0.717, 1.165) is 0 Å². The summed E-state index contributed by atoms with van der Waals surface area (Å²) >= 11 is 0. The van der Waals surface area contributed by atoms with Crippen LogP contribution in [-0.2, 0) is 10.1 Å². The normalized spacial score (nSPS) is 11.6. The topological polar surface area (TPSA) is 118 Å². The number of nitrogens with two attached hydrogens (primary N) is 1. The molecule has 0 aliphatic heterocycles. The molecule has 0 atom stereocenters. The Hall–Kier alpha value is -2.12. The van der Waals surface area contributed by atoms with E-state index in [0.29, 0.717) is 10.8 Å². The van der Waals surface area contributed by atoms with Crippen molar-refractivity contribution >= 4 is 32.5 Å². The molecule has 0 heterocycles. The van der Waals surface area contributed by atoms with E-state index in [-0.39, 0.29) is 16.1 Å². The molecule has 0 aromatic heterocycles. The Morgan fingerprint density at radius 3 is 2.39 bits per heavy atom. The Kier molecular flexibility index (Phi) is 2.72. The smallest absolute Gasteiger partial charge is 0.335 e. The summed E-state index contributed by atoms with van der Waals surface area (Å²) in [4.78, 5) is 10.5. The summed E-state index contributed by atoms with van der Waals surface area (Å²) in [7, 11) is -4.33. The fourth-order valence-electron chi connectivity index (χ4n) is 1.66. The molecule has 0 spiro atoms. The Bertz CT molecular complexity index is 751. The molecule has 0 unspecified atom stereocenters. The molecule has 0 aliphatic rings. The minimum absolute atomic E-state index is 0.0486. The van der Waals surface area contributed by atoms with Crippen LogP contribution >= 0.6 is 0 Å². The monoisotopic (exact) mass is 267 g/mol. The maximum Gasteiger partial charge on any atom is 0.335 e. The van der Waals surface area contributed by atoms with Crippen molar-refractivity contribution in [1.29, 1.82) is 0 Å². The zero-order valence-corrected chi connectivity index (χ0v) is 9.81. The van der Waals surface area contributed by atoms with Crippen LogP contribution in [0.25, 0.3) is 10.8 Å². The van der Waals surface area contributed by atoms with Gasteiger partial charge in [-0.3, -0.25) is 4.55 Å². The van der Waals surface area contributed by atoms with Crippen molar-refractivity contribution in [2.24, 2.45) is 0 Å². The fourth-order valence-corrected chi connectivity index (χ4v) is 2.18. The summed E-state index contributed by atoms with van der Waals surface area (Å²) in [6.07, 6.45) is 0. The van der Waals surface area contributed by atoms with Gasteiger partial charge < -0.3 is 10.8 Å². The maximum absolute atomic E-state index is 11.0. The van der Waals surface area contributed by atoms with Gasteiger partial charge in [-0.1, -0.05) is 6.07 Å². The first-order chi connectivity index (χ1) is 8.29. The highest BCUT2D eigenvalue weighted by molar-refractivity contribution is 7.85. The number of aromatic carboxylic acids is 1. The molecule has 0 saturated carbocycles. The summed E-state index contributed by atoms with van der Waals surface area (Å²) < 4.78 is 30.9. The third-order valence-corrected chi connectivity index (χ3v) is 3.35. The molecule has 4 N–H and O–H groups in total. The van der Waals surface area contributed by atoms with E-state index in [4.69, 9.17) is 15.4 Å². The Morgan fingerprint density at radius 1 is 1.17 bits per heavy atom. The molecule has 0 radical (unpaired) electrons. The number of carboxylic acids is 1. The number of hydrogen-bond donors (Lipinski definition) is 3.